The van der Waals surface area contributed by atoms with Gasteiger partial charge in [0.15, 0.2) is 0 Å². The molecule has 2 heterocycles. The molecular formula is C31H38FN3. The Morgan fingerprint density at radius 2 is 1.97 bits per heavy atom. The Morgan fingerprint density at radius 1 is 1.14 bits per heavy atom. The van der Waals surface area contributed by atoms with Crippen LogP contribution >= 0.6 is 0 Å². The number of rotatable bonds is 7. The summed E-state index contributed by atoms with van der Waals surface area (Å²) in [5.74, 6) is 7.50. The van der Waals surface area contributed by atoms with Gasteiger partial charge in [0.2, 0.25) is 0 Å². The van der Waals surface area contributed by atoms with Crippen LogP contribution in [0.15, 0.2) is 40.9 Å². The van der Waals surface area contributed by atoms with Crippen LogP contribution in [0.1, 0.15) is 95.4 Å². The molecule has 2 fully saturated rings. The Morgan fingerprint density at radius 3 is 2.71 bits per heavy atom. The van der Waals surface area contributed by atoms with E-state index in [-0.39, 0.29) is 5.82 Å². The van der Waals surface area contributed by atoms with Crippen molar-refractivity contribution in [3.63, 3.8) is 0 Å². The fourth-order valence-electron chi connectivity index (χ4n) is 5.18. The van der Waals surface area contributed by atoms with E-state index in [1.54, 1.807) is 12.1 Å². The molecule has 3 nitrogen and oxygen atoms in total. The number of nitrogens with one attached hydrogen (secondary N) is 1. The summed E-state index contributed by atoms with van der Waals surface area (Å²) < 4.78 is 16.8. The van der Waals surface area contributed by atoms with Crippen molar-refractivity contribution in [2.45, 2.75) is 90.1 Å². The van der Waals surface area contributed by atoms with Gasteiger partial charge >= 0.3 is 0 Å². The number of allylic oxidation sites excluding steroid dienone is 2. The normalized spacial score (nSPS) is 23.5. The van der Waals surface area contributed by atoms with Crippen LogP contribution in [0.2, 0.25) is 0 Å². The van der Waals surface area contributed by atoms with Crippen LogP contribution in [0.3, 0.4) is 0 Å². The van der Waals surface area contributed by atoms with E-state index < -0.39 is 0 Å². The van der Waals surface area contributed by atoms with Crippen LogP contribution in [0, 0.1) is 23.6 Å². The van der Waals surface area contributed by atoms with Crippen LogP contribution in [-0.4, -0.2) is 23.4 Å². The molecule has 0 bridgehead atoms. The van der Waals surface area contributed by atoms with Crippen LogP contribution in [0.4, 0.5) is 4.39 Å². The van der Waals surface area contributed by atoms with Gasteiger partial charge in [0.1, 0.15) is 5.82 Å². The van der Waals surface area contributed by atoms with Gasteiger partial charge in [-0.05, 0) is 94.4 Å². The largest absolute Gasteiger partial charge is 0.335 e. The minimum atomic E-state index is -0.191. The summed E-state index contributed by atoms with van der Waals surface area (Å²) in [6, 6.07) is 6.11. The summed E-state index contributed by atoms with van der Waals surface area (Å²) >= 11 is 0. The minimum Gasteiger partial charge on any atom is -0.335 e. The first-order valence-corrected chi connectivity index (χ1v) is 13.6. The first-order chi connectivity index (χ1) is 17.2. The number of benzene rings is 1. The highest BCUT2D eigenvalue weighted by Crippen LogP contribution is 2.41. The predicted octanol–water partition coefficient (Wildman–Crippen LogP) is 7.57. The third-order valence-corrected chi connectivity index (χ3v) is 7.72. The minimum absolute atomic E-state index is 0.191. The van der Waals surface area contributed by atoms with Gasteiger partial charge in [0.25, 0.3) is 0 Å². The second-order valence-electron chi connectivity index (χ2n) is 10.5. The zero-order valence-corrected chi connectivity index (χ0v) is 21.2. The van der Waals surface area contributed by atoms with Gasteiger partial charge in [-0.2, -0.15) is 0 Å². The predicted molar refractivity (Wildman–Crippen MR) is 145 cm³/mol. The van der Waals surface area contributed by atoms with E-state index in [9.17, 15) is 4.39 Å². The van der Waals surface area contributed by atoms with Crippen molar-refractivity contribution in [1.29, 1.82) is 0 Å². The summed E-state index contributed by atoms with van der Waals surface area (Å²) in [6.07, 6.45) is 17.9. The van der Waals surface area contributed by atoms with Crippen molar-refractivity contribution in [3.05, 3.63) is 53.0 Å². The molecule has 0 amide bonds. The Kier molecular flexibility index (Phi) is 7.54. The van der Waals surface area contributed by atoms with Gasteiger partial charge in [-0.3, -0.25) is 4.99 Å². The van der Waals surface area contributed by atoms with Gasteiger partial charge in [0.05, 0.1) is 22.5 Å². The van der Waals surface area contributed by atoms with E-state index in [1.807, 2.05) is 6.07 Å². The van der Waals surface area contributed by atoms with Crippen LogP contribution < -0.4 is 5.32 Å². The zero-order valence-electron chi connectivity index (χ0n) is 21.2. The van der Waals surface area contributed by atoms with E-state index in [4.69, 9.17) is 4.99 Å². The first-order valence-electron chi connectivity index (χ1n) is 13.6. The van der Waals surface area contributed by atoms with Crippen molar-refractivity contribution in [2.24, 2.45) is 10.9 Å². The lowest BCUT2D eigenvalue weighted by molar-refractivity contribution is 0.319. The van der Waals surface area contributed by atoms with Crippen LogP contribution in [0.5, 0.6) is 0 Å². The molecule has 5 rings (SSSR count). The number of fused-ring (bicyclic) bond motifs is 1. The van der Waals surface area contributed by atoms with Crippen molar-refractivity contribution in [1.82, 2.24) is 9.88 Å². The molecule has 2 saturated carbocycles. The second-order valence-corrected chi connectivity index (χ2v) is 10.5. The van der Waals surface area contributed by atoms with E-state index in [0.29, 0.717) is 12.1 Å². The third kappa shape index (κ3) is 5.46. The van der Waals surface area contributed by atoms with Gasteiger partial charge in [-0.15, -0.1) is 0 Å². The highest BCUT2D eigenvalue weighted by molar-refractivity contribution is 5.95. The topological polar surface area (TPSA) is 29.3 Å². The fourth-order valence-corrected chi connectivity index (χ4v) is 5.18. The molecule has 184 valence electrons. The highest BCUT2D eigenvalue weighted by atomic mass is 19.1. The lowest BCUT2D eigenvalue weighted by Gasteiger charge is -2.30. The number of aromatic nitrogens is 1. The smallest absolute Gasteiger partial charge is 0.125 e. The summed E-state index contributed by atoms with van der Waals surface area (Å²) in [5, 5.41) is 4.76. The monoisotopic (exact) mass is 471 g/mol. The van der Waals surface area contributed by atoms with Crippen LogP contribution in [0.25, 0.3) is 16.6 Å². The van der Waals surface area contributed by atoms with Crippen molar-refractivity contribution >= 4 is 22.8 Å². The Hall–Kier alpha value is -2.64. The maximum atomic E-state index is 14.4. The molecule has 1 unspecified atom stereocenters. The average Bonchev–Trinajstić information content (AvgIpc) is 3.61. The summed E-state index contributed by atoms with van der Waals surface area (Å²) in [5.41, 5.74) is 5.28. The number of hydrogen-bond donors (Lipinski definition) is 1. The molecule has 0 saturated heterocycles. The Bertz CT molecular complexity index is 1210. The van der Waals surface area contributed by atoms with Crippen molar-refractivity contribution < 1.29 is 4.39 Å². The molecule has 1 aromatic heterocycles. The van der Waals surface area contributed by atoms with Crippen LogP contribution in [-0.2, 0) is 0 Å². The third-order valence-electron chi connectivity index (χ3n) is 7.72. The molecule has 1 N–H and O–H groups in total. The molecule has 0 radical (unpaired) electrons. The molecular weight excluding hydrogens is 433 g/mol. The first kappa shape index (κ1) is 24.1. The molecule has 2 aromatic rings. The maximum Gasteiger partial charge on any atom is 0.125 e. The summed E-state index contributed by atoms with van der Waals surface area (Å²) in [6.45, 7) is 5.31. The summed E-state index contributed by atoms with van der Waals surface area (Å²) in [7, 11) is 0. The van der Waals surface area contributed by atoms with Crippen molar-refractivity contribution in [3.8, 4) is 11.8 Å². The molecule has 1 atom stereocenters. The number of hydrogen-bond acceptors (Lipinski definition) is 2. The van der Waals surface area contributed by atoms with Crippen molar-refractivity contribution in [2.75, 3.05) is 6.54 Å². The molecule has 2 aliphatic carbocycles. The summed E-state index contributed by atoms with van der Waals surface area (Å²) in [4.78, 5) is 5.09. The fraction of sp³-hybridized carbons (Fsp3) is 0.516. The lowest BCUT2D eigenvalue weighted by atomic mass is 9.92. The Labute approximate surface area is 209 Å². The average molecular weight is 472 g/mol. The maximum absolute atomic E-state index is 14.4. The molecule has 3 aliphatic rings. The van der Waals surface area contributed by atoms with Gasteiger partial charge in [-0.25, -0.2) is 4.39 Å². The van der Waals surface area contributed by atoms with E-state index in [0.717, 1.165) is 85.3 Å². The lowest BCUT2D eigenvalue weighted by Crippen LogP contribution is -2.30. The Balaban J connectivity index is 1.56. The number of aliphatic imine (C=N–C) groups is 1. The molecule has 35 heavy (non-hydrogen) atoms. The van der Waals surface area contributed by atoms with Gasteiger partial charge < -0.3 is 9.88 Å². The van der Waals surface area contributed by atoms with E-state index >= 15 is 0 Å². The zero-order chi connectivity index (χ0) is 24.2. The second kappa shape index (κ2) is 11.0. The number of unbranched alkanes of at least 4 members (excludes halogenated alkanes) is 1. The SMILES string of the molecule is CCCC#Cc1c(C2=C/CCC\C=C(CNC(C)C3CC3)/C=N/2)n(C2CCC2)c2cc(F)ccc12. The highest BCUT2D eigenvalue weighted by Gasteiger charge is 2.29. The molecule has 1 aliphatic heterocycles. The molecule has 4 heteroatoms. The molecule has 0 spiro atoms. The quantitative estimate of drug-likeness (QED) is 0.415. The van der Waals surface area contributed by atoms with E-state index in [2.05, 4.69) is 53.9 Å². The standard InChI is InChI=1S/C31H38FN3/c1-3-4-6-13-28-27-18-17-25(32)19-30(27)35(26-11-9-12-26)31(28)29-14-8-5-7-10-23(21-34-29)20-33-22(2)24-15-16-24/h10,14,17-19,21-22,24,26,33H,3-5,7-9,11-12,15-16,20H2,1-2H3/b23-10-,29-14+,34-21+. The van der Waals surface area contributed by atoms with E-state index in [1.165, 1.54) is 24.8 Å². The number of nitrogens with zero attached hydrogens (tertiary/aromatic N) is 2. The van der Waals surface area contributed by atoms with Gasteiger partial charge in [-0.1, -0.05) is 30.9 Å². The molecule has 1 aromatic carbocycles. The van der Waals surface area contributed by atoms with Gasteiger partial charge in [0, 0.05) is 36.7 Å². The number of halogens is 1.